The van der Waals surface area contributed by atoms with Crippen molar-refractivity contribution >= 4 is 10.8 Å². The van der Waals surface area contributed by atoms with E-state index in [0.29, 0.717) is 6.42 Å². The van der Waals surface area contributed by atoms with E-state index in [-0.39, 0.29) is 0 Å². The number of hydrogen-bond donors (Lipinski definition) is 0. The van der Waals surface area contributed by atoms with E-state index in [4.69, 9.17) is 0 Å². The second-order valence-corrected chi connectivity index (χ2v) is 3.48. The molecule has 72 valence electrons. The van der Waals surface area contributed by atoms with Crippen molar-refractivity contribution in [2.24, 2.45) is 0 Å². The van der Waals surface area contributed by atoms with Gasteiger partial charge in [-0.15, -0.1) is 0 Å². The molecule has 0 spiro atoms. The SMILES string of the molecule is CCC(F)c1ccc2ccccc2c1. The van der Waals surface area contributed by atoms with Crippen LogP contribution in [0.2, 0.25) is 0 Å². The number of rotatable bonds is 2. The Morgan fingerprint density at radius 1 is 1.07 bits per heavy atom. The molecule has 0 aromatic heterocycles. The molecular weight excluding hydrogens is 175 g/mol. The topological polar surface area (TPSA) is 0 Å². The molecule has 0 saturated carbocycles. The van der Waals surface area contributed by atoms with Crippen LogP contribution < -0.4 is 0 Å². The number of alkyl halides is 1. The van der Waals surface area contributed by atoms with Crippen LogP contribution in [0, 0.1) is 0 Å². The maximum absolute atomic E-state index is 13.4. The molecule has 0 bridgehead atoms. The quantitative estimate of drug-likeness (QED) is 0.660. The van der Waals surface area contributed by atoms with Gasteiger partial charge in [0, 0.05) is 0 Å². The molecule has 0 fully saturated rings. The van der Waals surface area contributed by atoms with Crippen molar-refractivity contribution in [2.75, 3.05) is 0 Å². The summed E-state index contributed by atoms with van der Waals surface area (Å²) in [5.74, 6) is 0. The third kappa shape index (κ3) is 1.63. The number of hydrogen-bond acceptors (Lipinski definition) is 0. The third-order valence-corrected chi connectivity index (χ3v) is 2.49. The van der Waals surface area contributed by atoms with E-state index < -0.39 is 6.17 Å². The van der Waals surface area contributed by atoms with Gasteiger partial charge < -0.3 is 0 Å². The minimum absolute atomic E-state index is 0.540. The van der Waals surface area contributed by atoms with Gasteiger partial charge in [-0.1, -0.05) is 43.3 Å². The van der Waals surface area contributed by atoms with Crippen LogP contribution in [-0.2, 0) is 0 Å². The van der Waals surface area contributed by atoms with Crippen molar-refractivity contribution in [3.63, 3.8) is 0 Å². The lowest BCUT2D eigenvalue weighted by Gasteiger charge is -2.06. The first-order chi connectivity index (χ1) is 6.81. The van der Waals surface area contributed by atoms with E-state index in [1.165, 1.54) is 5.39 Å². The summed E-state index contributed by atoms with van der Waals surface area (Å²) in [5, 5.41) is 2.28. The monoisotopic (exact) mass is 188 g/mol. The molecule has 2 rings (SSSR count). The summed E-state index contributed by atoms with van der Waals surface area (Å²) in [4.78, 5) is 0. The van der Waals surface area contributed by atoms with E-state index >= 15 is 0 Å². The zero-order valence-corrected chi connectivity index (χ0v) is 8.20. The Balaban J connectivity index is 2.51. The predicted octanol–water partition coefficient (Wildman–Crippen LogP) is 4.26. The summed E-state index contributed by atoms with van der Waals surface area (Å²) in [6.07, 6.45) is -0.294. The third-order valence-electron chi connectivity index (χ3n) is 2.49. The molecule has 0 heterocycles. The molecule has 0 N–H and O–H groups in total. The van der Waals surface area contributed by atoms with Gasteiger partial charge in [0.25, 0.3) is 0 Å². The summed E-state index contributed by atoms with van der Waals surface area (Å²) in [7, 11) is 0. The predicted molar refractivity (Wildman–Crippen MR) is 58.1 cm³/mol. The van der Waals surface area contributed by atoms with Gasteiger partial charge in [0.15, 0.2) is 0 Å². The zero-order chi connectivity index (χ0) is 9.97. The highest BCUT2D eigenvalue weighted by atomic mass is 19.1. The highest BCUT2D eigenvalue weighted by Crippen LogP contribution is 2.24. The largest absolute Gasteiger partial charge is 0.242 e. The summed E-state index contributed by atoms with van der Waals surface area (Å²) in [6.45, 7) is 1.86. The molecule has 1 atom stereocenters. The van der Waals surface area contributed by atoms with Crippen molar-refractivity contribution in [1.29, 1.82) is 0 Å². The molecule has 0 saturated heterocycles. The van der Waals surface area contributed by atoms with Gasteiger partial charge in [-0.2, -0.15) is 0 Å². The highest BCUT2D eigenvalue weighted by molar-refractivity contribution is 5.83. The minimum atomic E-state index is -0.834. The molecule has 1 unspecified atom stereocenters. The first-order valence-corrected chi connectivity index (χ1v) is 4.94. The van der Waals surface area contributed by atoms with Crippen LogP contribution in [0.15, 0.2) is 42.5 Å². The molecule has 2 aromatic rings. The van der Waals surface area contributed by atoms with Gasteiger partial charge in [-0.3, -0.25) is 0 Å². The fourth-order valence-corrected chi connectivity index (χ4v) is 1.64. The van der Waals surface area contributed by atoms with Crippen LogP contribution in [0.1, 0.15) is 25.1 Å². The molecule has 0 amide bonds. The fourth-order valence-electron chi connectivity index (χ4n) is 1.64. The van der Waals surface area contributed by atoms with Crippen molar-refractivity contribution in [3.05, 3.63) is 48.0 Å². The Hall–Kier alpha value is -1.37. The smallest absolute Gasteiger partial charge is 0.125 e. The van der Waals surface area contributed by atoms with E-state index in [1.54, 1.807) is 0 Å². The van der Waals surface area contributed by atoms with Crippen LogP contribution in [0.25, 0.3) is 10.8 Å². The van der Waals surface area contributed by atoms with E-state index in [0.717, 1.165) is 10.9 Å². The molecule has 14 heavy (non-hydrogen) atoms. The second kappa shape index (κ2) is 3.79. The van der Waals surface area contributed by atoms with E-state index in [9.17, 15) is 4.39 Å². The molecular formula is C13H13F. The Morgan fingerprint density at radius 2 is 1.79 bits per heavy atom. The maximum atomic E-state index is 13.4. The molecule has 0 aliphatic carbocycles. The Labute approximate surface area is 83.4 Å². The lowest BCUT2D eigenvalue weighted by Crippen LogP contribution is -1.88. The van der Waals surface area contributed by atoms with Gasteiger partial charge in [0.1, 0.15) is 6.17 Å². The fraction of sp³-hybridized carbons (Fsp3) is 0.231. The average Bonchev–Trinajstić information content (AvgIpc) is 2.27. The lowest BCUT2D eigenvalue weighted by molar-refractivity contribution is 0.335. The standard InChI is InChI=1S/C13H13F/c1-2-13(14)12-8-7-10-5-3-4-6-11(10)9-12/h3-9,13H,2H2,1H3. The first kappa shape index (κ1) is 9.20. The Kier molecular flexibility index (Phi) is 2.49. The van der Waals surface area contributed by atoms with Crippen LogP contribution >= 0.6 is 0 Å². The lowest BCUT2D eigenvalue weighted by atomic mass is 10.0. The summed E-state index contributed by atoms with van der Waals surface area (Å²) >= 11 is 0. The zero-order valence-electron chi connectivity index (χ0n) is 8.20. The molecule has 0 nitrogen and oxygen atoms in total. The van der Waals surface area contributed by atoms with E-state index in [1.807, 2.05) is 49.4 Å². The van der Waals surface area contributed by atoms with Gasteiger partial charge >= 0.3 is 0 Å². The first-order valence-electron chi connectivity index (χ1n) is 4.94. The Morgan fingerprint density at radius 3 is 2.50 bits per heavy atom. The van der Waals surface area contributed by atoms with Gasteiger partial charge in [0.2, 0.25) is 0 Å². The molecule has 2 aromatic carbocycles. The summed E-state index contributed by atoms with van der Waals surface area (Å²) < 4.78 is 13.4. The van der Waals surface area contributed by atoms with Crippen LogP contribution in [0.4, 0.5) is 4.39 Å². The normalized spacial score (nSPS) is 13.0. The van der Waals surface area contributed by atoms with E-state index in [2.05, 4.69) is 0 Å². The average molecular weight is 188 g/mol. The number of fused-ring (bicyclic) bond motifs is 1. The Bertz CT molecular complexity index is 434. The molecule has 1 heteroatoms. The number of halogens is 1. The maximum Gasteiger partial charge on any atom is 0.125 e. The van der Waals surface area contributed by atoms with Crippen LogP contribution in [0.3, 0.4) is 0 Å². The van der Waals surface area contributed by atoms with Crippen LogP contribution in [-0.4, -0.2) is 0 Å². The second-order valence-electron chi connectivity index (χ2n) is 3.48. The van der Waals surface area contributed by atoms with Gasteiger partial charge in [-0.05, 0) is 28.8 Å². The van der Waals surface area contributed by atoms with Gasteiger partial charge in [-0.25, -0.2) is 4.39 Å². The molecule has 0 radical (unpaired) electrons. The van der Waals surface area contributed by atoms with Crippen molar-refractivity contribution in [2.45, 2.75) is 19.5 Å². The minimum Gasteiger partial charge on any atom is -0.242 e. The highest BCUT2D eigenvalue weighted by Gasteiger charge is 2.06. The van der Waals surface area contributed by atoms with Crippen molar-refractivity contribution in [1.82, 2.24) is 0 Å². The van der Waals surface area contributed by atoms with Crippen LogP contribution in [0.5, 0.6) is 0 Å². The summed E-state index contributed by atoms with van der Waals surface area (Å²) in [6, 6.07) is 13.8. The summed E-state index contributed by atoms with van der Waals surface area (Å²) in [5.41, 5.74) is 0.784. The molecule has 0 aliphatic heterocycles. The number of benzene rings is 2. The van der Waals surface area contributed by atoms with Crippen molar-refractivity contribution < 1.29 is 4.39 Å². The van der Waals surface area contributed by atoms with Gasteiger partial charge in [0.05, 0.1) is 0 Å². The van der Waals surface area contributed by atoms with Crippen molar-refractivity contribution in [3.8, 4) is 0 Å². The molecule has 0 aliphatic rings.